The van der Waals surface area contributed by atoms with E-state index in [0.717, 1.165) is 17.9 Å². The van der Waals surface area contributed by atoms with Crippen LogP contribution in [0.1, 0.15) is 31.4 Å². The Labute approximate surface area is 72.4 Å². The number of nitrogens with zero attached hydrogens (tertiary/aromatic N) is 3. The Morgan fingerprint density at radius 2 is 2.33 bits per heavy atom. The average Bonchev–Trinajstić information content (AvgIpc) is 2.17. The molecule has 0 fully saturated rings. The third-order valence-corrected chi connectivity index (χ3v) is 1.81. The molecule has 0 saturated carbocycles. The molecule has 1 aromatic heterocycles. The lowest BCUT2D eigenvalue weighted by atomic mass is 10.3. The van der Waals surface area contributed by atoms with Gasteiger partial charge < -0.3 is 5.32 Å². The van der Waals surface area contributed by atoms with Gasteiger partial charge in [-0.3, -0.25) is 0 Å². The van der Waals surface area contributed by atoms with Gasteiger partial charge in [-0.15, -0.1) is 5.10 Å². The highest BCUT2D eigenvalue weighted by Crippen LogP contribution is 2.04. The standard InChI is InChI=1S/C8H14N4/c1-4-7-5-10-12-8(11-7)6(2)9-3/h5-6,9H,4H2,1-3H3. The third kappa shape index (κ3) is 1.98. The molecule has 0 bridgehead atoms. The summed E-state index contributed by atoms with van der Waals surface area (Å²) in [6.45, 7) is 4.06. The predicted molar refractivity (Wildman–Crippen MR) is 46.7 cm³/mol. The van der Waals surface area contributed by atoms with E-state index in [1.54, 1.807) is 6.20 Å². The van der Waals surface area contributed by atoms with Gasteiger partial charge in [0.05, 0.1) is 17.9 Å². The highest BCUT2D eigenvalue weighted by molar-refractivity contribution is 4.98. The van der Waals surface area contributed by atoms with Gasteiger partial charge in [0.25, 0.3) is 0 Å². The fourth-order valence-corrected chi connectivity index (χ4v) is 0.836. The molecule has 0 aromatic carbocycles. The van der Waals surface area contributed by atoms with Gasteiger partial charge in [0, 0.05) is 0 Å². The minimum atomic E-state index is 0.170. The molecule has 1 atom stereocenters. The number of aromatic nitrogens is 3. The van der Waals surface area contributed by atoms with Crippen LogP contribution in [0.5, 0.6) is 0 Å². The molecule has 1 aromatic rings. The molecule has 1 heterocycles. The topological polar surface area (TPSA) is 50.7 Å². The van der Waals surface area contributed by atoms with E-state index in [4.69, 9.17) is 0 Å². The van der Waals surface area contributed by atoms with Crippen LogP contribution < -0.4 is 5.32 Å². The van der Waals surface area contributed by atoms with Gasteiger partial charge in [-0.25, -0.2) is 4.98 Å². The molecule has 0 radical (unpaired) electrons. The molecule has 0 aliphatic heterocycles. The second-order valence-corrected chi connectivity index (χ2v) is 2.67. The van der Waals surface area contributed by atoms with Gasteiger partial charge in [0.15, 0.2) is 5.82 Å². The summed E-state index contributed by atoms with van der Waals surface area (Å²) in [5, 5.41) is 10.9. The van der Waals surface area contributed by atoms with Gasteiger partial charge in [0.1, 0.15) is 0 Å². The van der Waals surface area contributed by atoms with E-state index in [-0.39, 0.29) is 6.04 Å². The molecule has 1 rings (SSSR count). The van der Waals surface area contributed by atoms with Crippen molar-refractivity contribution in [3.63, 3.8) is 0 Å². The van der Waals surface area contributed by atoms with Crippen LogP contribution in [0.4, 0.5) is 0 Å². The summed E-state index contributed by atoms with van der Waals surface area (Å²) in [7, 11) is 1.88. The SMILES string of the molecule is CCc1cnnc(C(C)NC)n1. The molecule has 1 unspecified atom stereocenters. The first-order valence-corrected chi connectivity index (χ1v) is 4.13. The number of hydrogen-bond acceptors (Lipinski definition) is 4. The molecule has 4 heteroatoms. The van der Waals surface area contributed by atoms with Crippen molar-refractivity contribution in [1.82, 2.24) is 20.5 Å². The first-order chi connectivity index (χ1) is 5.77. The lowest BCUT2D eigenvalue weighted by Crippen LogP contribution is -2.16. The van der Waals surface area contributed by atoms with Crippen molar-refractivity contribution in [3.05, 3.63) is 17.7 Å². The van der Waals surface area contributed by atoms with Crippen molar-refractivity contribution in [2.75, 3.05) is 7.05 Å². The molecular formula is C8H14N4. The number of aryl methyl sites for hydroxylation is 1. The van der Waals surface area contributed by atoms with Crippen LogP contribution in [0.2, 0.25) is 0 Å². The Morgan fingerprint density at radius 1 is 1.58 bits per heavy atom. The Hall–Kier alpha value is -1.03. The molecule has 1 N–H and O–H groups in total. The molecule has 0 amide bonds. The lowest BCUT2D eigenvalue weighted by molar-refractivity contribution is 0.591. The lowest BCUT2D eigenvalue weighted by Gasteiger charge is -2.07. The maximum atomic E-state index is 4.33. The van der Waals surface area contributed by atoms with Crippen LogP contribution in [0, 0.1) is 0 Å². The maximum Gasteiger partial charge on any atom is 0.167 e. The van der Waals surface area contributed by atoms with Gasteiger partial charge in [-0.05, 0) is 20.4 Å². The van der Waals surface area contributed by atoms with E-state index in [2.05, 4.69) is 27.4 Å². The number of nitrogens with one attached hydrogen (secondary N) is 1. The van der Waals surface area contributed by atoms with Crippen LogP contribution in [0.15, 0.2) is 6.20 Å². The van der Waals surface area contributed by atoms with E-state index < -0.39 is 0 Å². The fourth-order valence-electron chi connectivity index (χ4n) is 0.836. The van der Waals surface area contributed by atoms with Crippen molar-refractivity contribution in [2.45, 2.75) is 26.3 Å². The molecule has 66 valence electrons. The quantitative estimate of drug-likeness (QED) is 0.718. The Bertz CT molecular complexity index is 249. The summed E-state index contributed by atoms with van der Waals surface area (Å²) in [5.41, 5.74) is 0.988. The Morgan fingerprint density at radius 3 is 2.92 bits per heavy atom. The van der Waals surface area contributed by atoms with Gasteiger partial charge in [-0.2, -0.15) is 5.10 Å². The minimum absolute atomic E-state index is 0.170. The van der Waals surface area contributed by atoms with E-state index in [1.807, 2.05) is 14.0 Å². The monoisotopic (exact) mass is 166 g/mol. The summed E-state index contributed by atoms with van der Waals surface area (Å²) in [6.07, 6.45) is 2.60. The van der Waals surface area contributed by atoms with E-state index in [0.29, 0.717) is 0 Å². The zero-order chi connectivity index (χ0) is 8.97. The van der Waals surface area contributed by atoms with Crippen molar-refractivity contribution >= 4 is 0 Å². The van der Waals surface area contributed by atoms with Crippen molar-refractivity contribution < 1.29 is 0 Å². The molecule has 4 nitrogen and oxygen atoms in total. The molecular weight excluding hydrogens is 152 g/mol. The number of hydrogen-bond donors (Lipinski definition) is 1. The van der Waals surface area contributed by atoms with E-state index in [1.165, 1.54) is 0 Å². The van der Waals surface area contributed by atoms with Crippen molar-refractivity contribution in [1.29, 1.82) is 0 Å². The highest BCUT2D eigenvalue weighted by Gasteiger charge is 2.06. The fraction of sp³-hybridized carbons (Fsp3) is 0.625. The molecule has 12 heavy (non-hydrogen) atoms. The predicted octanol–water partition coefficient (Wildman–Crippen LogP) is 0.714. The summed E-state index contributed by atoms with van der Waals surface area (Å²) in [6, 6.07) is 0.170. The zero-order valence-electron chi connectivity index (χ0n) is 7.70. The molecule has 0 spiro atoms. The summed E-state index contributed by atoms with van der Waals surface area (Å²) in [4.78, 5) is 4.33. The third-order valence-electron chi connectivity index (χ3n) is 1.81. The second-order valence-electron chi connectivity index (χ2n) is 2.67. The van der Waals surface area contributed by atoms with Gasteiger partial charge in [0.2, 0.25) is 0 Å². The van der Waals surface area contributed by atoms with Crippen LogP contribution in [0.3, 0.4) is 0 Å². The Kier molecular flexibility index (Phi) is 3.10. The number of rotatable bonds is 3. The van der Waals surface area contributed by atoms with Crippen LogP contribution in [0.25, 0.3) is 0 Å². The van der Waals surface area contributed by atoms with E-state index >= 15 is 0 Å². The highest BCUT2D eigenvalue weighted by atomic mass is 15.2. The van der Waals surface area contributed by atoms with Crippen molar-refractivity contribution in [2.24, 2.45) is 0 Å². The molecule has 0 saturated heterocycles. The summed E-state index contributed by atoms with van der Waals surface area (Å²) < 4.78 is 0. The second kappa shape index (κ2) is 4.11. The van der Waals surface area contributed by atoms with Gasteiger partial charge in [-0.1, -0.05) is 6.92 Å². The zero-order valence-corrected chi connectivity index (χ0v) is 7.70. The smallest absolute Gasteiger partial charge is 0.167 e. The molecule has 0 aliphatic carbocycles. The Balaban J connectivity index is 2.86. The minimum Gasteiger partial charge on any atom is -0.311 e. The van der Waals surface area contributed by atoms with E-state index in [9.17, 15) is 0 Å². The van der Waals surface area contributed by atoms with Crippen LogP contribution in [-0.4, -0.2) is 22.2 Å². The van der Waals surface area contributed by atoms with Crippen LogP contribution >= 0.6 is 0 Å². The van der Waals surface area contributed by atoms with Crippen LogP contribution in [-0.2, 0) is 6.42 Å². The largest absolute Gasteiger partial charge is 0.311 e. The maximum absolute atomic E-state index is 4.33. The van der Waals surface area contributed by atoms with Crippen molar-refractivity contribution in [3.8, 4) is 0 Å². The van der Waals surface area contributed by atoms with Gasteiger partial charge >= 0.3 is 0 Å². The normalized spacial score (nSPS) is 12.9. The summed E-state index contributed by atoms with van der Waals surface area (Å²) >= 11 is 0. The first kappa shape index (κ1) is 9.06. The summed E-state index contributed by atoms with van der Waals surface area (Å²) in [5.74, 6) is 0.761. The average molecular weight is 166 g/mol. The first-order valence-electron chi connectivity index (χ1n) is 4.13. The molecule has 0 aliphatic rings.